The number of hydrogen-bond acceptors (Lipinski definition) is 3. The highest BCUT2D eigenvalue weighted by atomic mass is 16.5. The van der Waals surface area contributed by atoms with Crippen LogP contribution in [0.15, 0.2) is 48.5 Å². The largest absolute Gasteiger partial charge is 0.495 e. The van der Waals surface area contributed by atoms with E-state index in [1.54, 1.807) is 12.0 Å². The fraction of sp³-hybridized carbons (Fsp3) is 0.391. The molecular weight excluding hydrogens is 352 g/mol. The minimum Gasteiger partial charge on any atom is -0.495 e. The molecule has 1 aliphatic carbocycles. The minimum absolute atomic E-state index is 0.0275. The summed E-state index contributed by atoms with van der Waals surface area (Å²) in [7, 11) is 3.47. The Hall–Kier alpha value is -2.82. The molecule has 146 valence electrons. The first-order chi connectivity index (χ1) is 13.6. The number of ether oxygens (including phenoxy) is 1. The van der Waals surface area contributed by atoms with Crippen LogP contribution >= 0.6 is 0 Å². The second-order valence-electron chi connectivity index (χ2n) is 7.63. The Balaban J connectivity index is 1.53. The molecule has 5 nitrogen and oxygen atoms in total. The first kappa shape index (κ1) is 18.5. The molecule has 0 radical (unpaired) electrons. The number of rotatable bonds is 4. The molecule has 1 aliphatic heterocycles. The SMILES string of the molecule is COc1ccccc1N1C[C@H](C(=O)N(C)[C@H]2CCCc3ccccc32)CC1=O. The molecule has 0 aromatic heterocycles. The van der Waals surface area contributed by atoms with Gasteiger partial charge in [0.1, 0.15) is 5.75 Å². The maximum absolute atomic E-state index is 13.2. The van der Waals surface area contributed by atoms with Gasteiger partial charge < -0.3 is 14.5 Å². The second kappa shape index (κ2) is 7.66. The van der Waals surface area contributed by atoms with Gasteiger partial charge in [-0.25, -0.2) is 0 Å². The summed E-state index contributed by atoms with van der Waals surface area (Å²) in [5.74, 6) is 0.350. The Labute approximate surface area is 165 Å². The predicted octanol–water partition coefficient (Wildman–Crippen LogP) is 3.58. The lowest BCUT2D eigenvalue weighted by atomic mass is 9.86. The topological polar surface area (TPSA) is 49.9 Å². The van der Waals surface area contributed by atoms with Crippen LogP contribution in [-0.2, 0) is 16.0 Å². The van der Waals surface area contributed by atoms with Gasteiger partial charge in [0.25, 0.3) is 0 Å². The van der Waals surface area contributed by atoms with Crippen molar-refractivity contribution in [2.75, 3.05) is 25.6 Å². The van der Waals surface area contributed by atoms with Crippen LogP contribution in [0, 0.1) is 5.92 Å². The normalized spacial score (nSPS) is 21.4. The molecule has 2 aromatic carbocycles. The summed E-state index contributed by atoms with van der Waals surface area (Å²) in [6.45, 7) is 0.400. The van der Waals surface area contributed by atoms with Crippen LogP contribution in [0.2, 0.25) is 0 Å². The first-order valence-electron chi connectivity index (χ1n) is 9.88. The number of fused-ring (bicyclic) bond motifs is 1. The van der Waals surface area contributed by atoms with Crippen LogP contribution < -0.4 is 9.64 Å². The Kier molecular flexibility index (Phi) is 5.07. The molecule has 0 unspecified atom stereocenters. The molecule has 4 rings (SSSR count). The van der Waals surface area contributed by atoms with Gasteiger partial charge in [-0.1, -0.05) is 36.4 Å². The maximum Gasteiger partial charge on any atom is 0.228 e. The Morgan fingerprint density at radius 1 is 1.14 bits per heavy atom. The summed E-state index contributed by atoms with van der Waals surface area (Å²) >= 11 is 0. The molecule has 5 heteroatoms. The van der Waals surface area contributed by atoms with Gasteiger partial charge in [0.05, 0.1) is 24.8 Å². The number of nitrogens with zero attached hydrogens (tertiary/aromatic N) is 2. The lowest BCUT2D eigenvalue weighted by Gasteiger charge is -2.34. The van der Waals surface area contributed by atoms with Crippen molar-refractivity contribution in [1.29, 1.82) is 0 Å². The van der Waals surface area contributed by atoms with Gasteiger partial charge >= 0.3 is 0 Å². The van der Waals surface area contributed by atoms with Gasteiger partial charge in [-0.3, -0.25) is 9.59 Å². The van der Waals surface area contributed by atoms with Gasteiger partial charge in [0.2, 0.25) is 11.8 Å². The standard InChI is InChI=1S/C23H26N2O3/c1-24(19-12-7-9-16-8-3-4-10-18(16)19)23(27)17-14-22(26)25(15-17)20-11-5-6-13-21(20)28-2/h3-6,8,10-11,13,17,19H,7,9,12,14-15H2,1-2H3/t17-,19+/m1/s1. The first-order valence-corrected chi connectivity index (χ1v) is 9.88. The van der Waals surface area contributed by atoms with Gasteiger partial charge in [-0.2, -0.15) is 0 Å². The molecule has 0 bridgehead atoms. The fourth-order valence-corrected chi connectivity index (χ4v) is 4.53. The van der Waals surface area contributed by atoms with Crippen LogP contribution in [0.4, 0.5) is 5.69 Å². The van der Waals surface area contributed by atoms with Crippen molar-refractivity contribution >= 4 is 17.5 Å². The number of benzene rings is 2. The highest BCUT2D eigenvalue weighted by Gasteiger charge is 2.39. The van der Waals surface area contributed by atoms with Crippen LogP contribution in [0.3, 0.4) is 0 Å². The molecular formula is C23H26N2O3. The molecule has 2 aliphatic rings. The van der Waals surface area contributed by atoms with Crippen molar-refractivity contribution in [2.45, 2.75) is 31.7 Å². The van der Waals surface area contributed by atoms with E-state index in [4.69, 9.17) is 4.74 Å². The molecule has 0 N–H and O–H groups in total. The van der Waals surface area contributed by atoms with E-state index in [1.165, 1.54) is 11.1 Å². The third-order valence-corrected chi connectivity index (χ3v) is 6.00. The molecule has 0 spiro atoms. The third kappa shape index (κ3) is 3.26. The molecule has 2 aromatic rings. The van der Waals surface area contributed by atoms with Crippen molar-refractivity contribution in [3.63, 3.8) is 0 Å². The maximum atomic E-state index is 13.2. The van der Waals surface area contributed by atoms with E-state index in [9.17, 15) is 9.59 Å². The molecule has 0 saturated carbocycles. The minimum atomic E-state index is -0.323. The fourth-order valence-electron chi connectivity index (χ4n) is 4.53. The molecule has 2 atom stereocenters. The molecule has 1 saturated heterocycles. The summed E-state index contributed by atoms with van der Waals surface area (Å²) in [5.41, 5.74) is 3.31. The summed E-state index contributed by atoms with van der Waals surface area (Å²) < 4.78 is 5.39. The van der Waals surface area contributed by atoms with E-state index in [-0.39, 0.29) is 30.2 Å². The van der Waals surface area contributed by atoms with E-state index in [1.807, 2.05) is 42.3 Å². The highest BCUT2D eigenvalue weighted by molar-refractivity contribution is 6.01. The van der Waals surface area contributed by atoms with Crippen molar-refractivity contribution < 1.29 is 14.3 Å². The predicted molar refractivity (Wildman–Crippen MR) is 108 cm³/mol. The number of methoxy groups -OCH3 is 1. The summed E-state index contributed by atoms with van der Waals surface area (Å²) in [4.78, 5) is 29.4. The van der Waals surface area contributed by atoms with Crippen molar-refractivity contribution in [2.24, 2.45) is 5.92 Å². The zero-order valence-corrected chi connectivity index (χ0v) is 16.4. The van der Waals surface area contributed by atoms with E-state index < -0.39 is 0 Å². The van der Waals surface area contributed by atoms with Crippen molar-refractivity contribution in [3.8, 4) is 5.75 Å². The number of para-hydroxylation sites is 2. The average molecular weight is 378 g/mol. The van der Waals surface area contributed by atoms with Gasteiger partial charge in [-0.05, 0) is 42.5 Å². The summed E-state index contributed by atoms with van der Waals surface area (Å²) in [6, 6.07) is 15.9. The van der Waals surface area contributed by atoms with Crippen LogP contribution in [0.5, 0.6) is 5.75 Å². The lowest BCUT2D eigenvalue weighted by molar-refractivity contribution is -0.137. The molecule has 2 amide bonds. The molecule has 1 heterocycles. The zero-order valence-electron chi connectivity index (χ0n) is 16.4. The molecule has 28 heavy (non-hydrogen) atoms. The number of anilines is 1. The number of carbonyl (C=O) groups is 2. The van der Waals surface area contributed by atoms with Crippen LogP contribution in [0.25, 0.3) is 0 Å². The third-order valence-electron chi connectivity index (χ3n) is 6.00. The van der Waals surface area contributed by atoms with Gasteiger partial charge in [-0.15, -0.1) is 0 Å². The summed E-state index contributed by atoms with van der Waals surface area (Å²) in [6.07, 6.45) is 3.36. The Morgan fingerprint density at radius 2 is 1.89 bits per heavy atom. The molecule has 1 fully saturated rings. The monoisotopic (exact) mass is 378 g/mol. The van der Waals surface area contributed by atoms with Crippen LogP contribution in [0.1, 0.15) is 36.4 Å². The zero-order chi connectivity index (χ0) is 19.7. The van der Waals surface area contributed by atoms with Gasteiger partial charge in [0.15, 0.2) is 0 Å². The number of carbonyl (C=O) groups excluding carboxylic acids is 2. The van der Waals surface area contributed by atoms with Crippen LogP contribution in [-0.4, -0.2) is 37.4 Å². The van der Waals surface area contributed by atoms with E-state index >= 15 is 0 Å². The smallest absolute Gasteiger partial charge is 0.228 e. The van der Waals surface area contributed by atoms with Crippen molar-refractivity contribution in [3.05, 3.63) is 59.7 Å². The average Bonchev–Trinajstić information content (AvgIpc) is 3.13. The Bertz CT molecular complexity index is 895. The van der Waals surface area contributed by atoms with Gasteiger partial charge in [0, 0.05) is 20.0 Å². The second-order valence-corrected chi connectivity index (χ2v) is 7.63. The van der Waals surface area contributed by atoms with E-state index in [2.05, 4.69) is 18.2 Å². The highest BCUT2D eigenvalue weighted by Crippen LogP contribution is 2.37. The Morgan fingerprint density at radius 3 is 2.71 bits per heavy atom. The van der Waals surface area contributed by atoms with Crippen molar-refractivity contribution in [1.82, 2.24) is 4.90 Å². The van der Waals surface area contributed by atoms with E-state index in [0.29, 0.717) is 12.3 Å². The summed E-state index contributed by atoms with van der Waals surface area (Å²) in [5, 5.41) is 0. The quantitative estimate of drug-likeness (QED) is 0.817. The number of amides is 2. The van der Waals surface area contributed by atoms with E-state index in [0.717, 1.165) is 24.9 Å². The number of aryl methyl sites for hydroxylation is 1. The number of hydrogen-bond donors (Lipinski definition) is 0. The lowest BCUT2D eigenvalue weighted by Crippen LogP contribution is -2.38.